The van der Waals surface area contributed by atoms with Crippen LogP contribution in [0, 0.1) is 0 Å². The van der Waals surface area contributed by atoms with Gasteiger partial charge in [0, 0.05) is 41.9 Å². The minimum Gasteiger partial charge on any atom is -0.497 e. The lowest BCUT2D eigenvalue weighted by Crippen LogP contribution is -2.39. The molecule has 9 heteroatoms. The van der Waals surface area contributed by atoms with Crippen LogP contribution in [0.2, 0.25) is 0 Å². The van der Waals surface area contributed by atoms with Gasteiger partial charge in [-0.3, -0.25) is 0 Å². The highest BCUT2D eigenvalue weighted by atomic mass is 79.9. The number of ether oxygens (including phenoxy) is 2. The van der Waals surface area contributed by atoms with Gasteiger partial charge in [0.1, 0.15) is 11.5 Å². The highest BCUT2D eigenvalue weighted by Crippen LogP contribution is 2.31. The minimum absolute atomic E-state index is 0.355. The number of rotatable bonds is 8. The molecule has 33 heavy (non-hydrogen) atoms. The third kappa shape index (κ3) is 5.36. The fraction of sp³-hybridized carbons (Fsp3) is 0.375. The molecule has 0 spiro atoms. The monoisotopic (exact) mass is 550 g/mol. The van der Waals surface area contributed by atoms with E-state index in [0.717, 1.165) is 33.5 Å². The highest BCUT2D eigenvalue weighted by Gasteiger charge is 2.32. The maximum atomic E-state index is 13.1. The Morgan fingerprint density at radius 2 is 1.82 bits per heavy atom. The van der Waals surface area contributed by atoms with Crippen LogP contribution in [0.3, 0.4) is 0 Å². The van der Waals surface area contributed by atoms with E-state index in [4.69, 9.17) is 14.5 Å². The van der Waals surface area contributed by atoms with Crippen molar-refractivity contribution in [1.82, 2.24) is 4.98 Å². The number of sulfone groups is 1. The molecule has 6 nitrogen and oxygen atoms in total. The Bertz CT molecular complexity index is 1190. The number of hydrogen-bond acceptors (Lipinski definition) is 7. The second kappa shape index (κ2) is 10.4. The number of methoxy groups -OCH3 is 2. The summed E-state index contributed by atoms with van der Waals surface area (Å²) < 4.78 is 36.9. The number of nitrogens with zero attached hydrogens (tertiary/aromatic N) is 2. The Labute approximate surface area is 207 Å². The van der Waals surface area contributed by atoms with Gasteiger partial charge in [0.05, 0.1) is 30.1 Å². The molecule has 0 amide bonds. The predicted molar refractivity (Wildman–Crippen MR) is 136 cm³/mol. The first kappa shape index (κ1) is 24.0. The summed E-state index contributed by atoms with van der Waals surface area (Å²) in [5.74, 6) is 1.53. The summed E-state index contributed by atoms with van der Waals surface area (Å²) in [6.45, 7) is 1.37. The van der Waals surface area contributed by atoms with Crippen LogP contribution in [0.15, 0.2) is 52.7 Å². The molecule has 176 valence electrons. The van der Waals surface area contributed by atoms with Crippen LogP contribution in [0.25, 0.3) is 0 Å². The van der Waals surface area contributed by atoms with Crippen molar-refractivity contribution in [1.29, 1.82) is 0 Å². The number of aromatic nitrogens is 1. The first-order valence-electron chi connectivity index (χ1n) is 10.7. The molecule has 2 aromatic carbocycles. The van der Waals surface area contributed by atoms with Gasteiger partial charge in [-0.25, -0.2) is 13.4 Å². The summed E-state index contributed by atoms with van der Waals surface area (Å²) in [4.78, 5) is 7.42. The van der Waals surface area contributed by atoms with Crippen molar-refractivity contribution in [2.24, 2.45) is 0 Å². The first-order chi connectivity index (χ1) is 15.9. The summed E-state index contributed by atoms with van der Waals surface area (Å²) in [7, 11) is -0.0381. The van der Waals surface area contributed by atoms with E-state index in [1.807, 2.05) is 30.3 Å². The number of benzene rings is 2. The lowest BCUT2D eigenvalue weighted by Gasteiger charge is -2.31. The van der Waals surface area contributed by atoms with E-state index in [1.165, 1.54) is 0 Å². The van der Waals surface area contributed by atoms with Crippen molar-refractivity contribution in [3.8, 4) is 11.5 Å². The van der Waals surface area contributed by atoms with Crippen molar-refractivity contribution in [3.05, 3.63) is 64.7 Å². The van der Waals surface area contributed by atoms with Gasteiger partial charge < -0.3 is 14.4 Å². The molecule has 4 rings (SSSR count). The summed E-state index contributed by atoms with van der Waals surface area (Å²) >= 11 is 5.00. The van der Waals surface area contributed by atoms with E-state index in [0.29, 0.717) is 42.6 Å². The largest absolute Gasteiger partial charge is 0.497 e. The first-order valence-corrected chi connectivity index (χ1v) is 14.3. The molecule has 1 fully saturated rings. The van der Waals surface area contributed by atoms with Gasteiger partial charge in [-0.15, -0.1) is 11.3 Å². The van der Waals surface area contributed by atoms with Gasteiger partial charge in [-0.1, -0.05) is 34.1 Å². The van der Waals surface area contributed by atoms with Gasteiger partial charge in [0.15, 0.2) is 15.0 Å². The van der Waals surface area contributed by atoms with Crippen molar-refractivity contribution in [2.75, 3.05) is 32.2 Å². The average Bonchev–Trinajstić information content (AvgIpc) is 3.33. The molecular weight excluding hydrogens is 524 g/mol. The normalized spacial score (nSPS) is 14.9. The third-order valence-corrected chi connectivity index (χ3v) is 9.84. The average molecular weight is 552 g/mol. The van der Waals surface area contributed by atoms with Gasteiger partial charge >= 0.3 is 0 Å². The van der Waals surface area contributed by atoms with Gasteiger partial charge in [0.2, 0.25) is 0 Å². The fourth-order valence-electron chi connectivity index (χ4n) is 4.03. The molecule has 1 aromatic heterocycles. The zero-order chi connectivity index (χ0) is 23.4. The van der Waals surface area contributed by atoms with E-state index < -0.39 is 9.84 Å². The van der Waals surface area contributed by atoms with E-state index in [1.54, 1.807) is 37.7 Å². The number of piperidine rings is 1. The summed E-state index contributed by atoms with van der Waals surface area (Å²) in [5.41, 5.74) is 3.08. The Morgan fingerprint density at radius 3 is 2.45 bits per heavy atom. The molecule has 0 radical (unpaired) electrons. The second-order valence-electron chi connectivity index (χ2n) is 7.98. The van der Waals surface area contributed by atoms with Crippen molar-refractivity contribution >= 4 is 42.2 Å². The van der Waals surface area contributed by atoms with Gasteiger partial charge in [-0.05, 0) is 36.6 Å². The summed E-state index contributed by atoms with van der Waals surface area (Å²) in [6, 6.07) is 13.0. The van der Waals surface area contributed by atoms with Crippen molar-refractivity contribution in [2.45, 2.75) is 34.7 Å². The van der Waals surface area contributed by atoms with Crippen molar-refractivity contribution in [3.63, 3.8) is 0 Å². The third-order valence-electron chi connectivity index (χ3n) is 5.96. The number of alkyl halides is 1. The molecule has 1 aliphatic heterocycles. The van der Waals surface area contributed by atoms with Crippen LogP contribution in [0.4, 0.5) is 5.13 Å². The quantitative estimate of drug-likeness (QED) is 0.364. The zero-order valence-electron chi connectivity index (χ0n) is 18.7. The Balaban J connectivity index is 1.40. The van der Waals surface area contributed by atoms with E-state index in [-0.39, 0.29) is 5.25 Å². The maximum absolute atomic E-state index is 13.1. The molecule has 1 aliphatic rings. The molecule has 0 aliphatic carbocycles. The predicted octanol–water partition coefficient (Wildman–Crippen LogP) is 5.09. The molecule has 0 saturated carbocycles. The molecule has 3 aromatic rings. The molecule has 0 atom stereocenters. The molecular formula is C24H27BrN2O4S2. The minimum atomic E-state index is -3.32. The maximum Gasteiger partial charge on any atom is 0.185 e. The summed E-state index contributed by atoms with van der Waals surface area (Å²) in [6.07, 6.45) is 1.87. The van der Waals surface area contributed by atoms with Gasteiger partial charge in [-0.2, -0.15) is 0 Å². The van der Waals surface area contributed by atoms with Crippen LogP contribution < -0.4 is 14.4 Å². The molecule has 0 N–H and O–H groups in total. The number of thiazole rings is 1. The SMILES string of the molecule is COc1ccc(Cc2csc(N3CCC(S(=O)(=O)c4ccc(CBr)cc4)CC3)n2)c(OC)c1. The van der Waals surface area contributed by atoms with Crippen LogP contribution in [0.5, 0.6) is 11.5 Å². The van der Waals surface area contributed by atoms with E-state index >= 15 is 0 Å². The summed E-state index contributed by atoms with van der Waals surface area (Å²) in [5, 5.41) is 3.36. The van der Waals surface area contributed by atoms with E-state index in [9.17, 15) is 8.42 Å². The van der Waals surface area contributed by atoms with Crippen LogP contribution in [-0.2, 0) is 21.6 Å². The number of hydrogen-bond donors (Lipinski definition) is 0. The standard InChI is InChI=1S/C24H27BrN2O4S2/c1-30-20-6-5-18(23(14-20)31-2)13-19-16-32-24(26-19)27-11-9-22(10-12-27)33(28,29)21-7-3-17(15-25)4-8-21/h3-8,14,16,22H,9-13,15H2,1-2H3. The number of halogens is 1. The molecule has 0 unspecified atom stereocenters. The lowest BCUT2D eigenvalue weighted by molar-refractivity contribution is 0.391. The fourth-order valence-corrected chi connectivity index (χ4v) is 7.02. The Morgan fingerprint density at radius 1 is 1.09 bits per heavy atom. The molecule has 2 heterocycles. The smallest absolute Gasteiger partial charge is 0.185 e. The van der Waals surface area contributed by atoms with Crippen LogP contribution in [0.1, 0.15) is 29.7 Å². The zero-order valence-corrected chi connectivity index (χ0v) is 21.9. The highest BCUT2D eigenvalue weighted by molar-refractivity contribution is 9.08. The van der Waals surface area contributed by atoms with Gasteiger partial charge in [0.25, 0.3) is 0 Å². The van der Waals surface area contributed by atoms with Crippen LogP contribution in [-0.4, -0.2) is 46.0 Å². The Hall–Kier alpha value is -2.10. The second-order valence-corrected chi connectivity index (χ2v) is 11.6. The van der Waals surface area contributed by atoms with E-state index in [2.05, 4.69) is 26.2 Å². The molecule has 1 saturated heterocycles. The molecule has 0 bridgehead atoms. The van der Waals surface area contributed by atoms with Crippen LogP contribution >= 0.6 is 27.3 Å². The number of anilines is 1. The topological polar surface area (TPSA) is 68.7 Å². The van der Waals surface area contributed by atoms with Crippen molar-refractivity contribution < 1.29 is 17.9 Å². The Kier molecular flexibility index (Phi) is 7.61. The lowest BCUT2D eigenvalue weighted by atomic mass is 10.1.